The first-order valence-corrected chi connectivity index (χ1v) is 10.8. The molecule has 0 spiro atoms. The first kappa shape index (κ1) is 21.6. The average molecular weight is 425 g/mol. The number of rotatable bonds is 5. The molecular weight excluding hydrogens is 396 g/mol. The fraction of sp³-hybridized carbons (Fsp3) is 0.214. The highest BCUT2D eigenvalue weighted by molar-refractivity contribution is 6.36. The second-order valence-corrected chi connectivity index (χ2v) is 8.67. The van der Waals surface area contributed by atoms with E-state index in [4.69, 9.17) is 0 Å². The third kappa shape index (κ3) is 4.09. The summed E-state index contributed by atoms with van der Waals surface area (Å²) in [7, 11) is 0. The Hall–Kier alpha value is -3.66. The van der Waals surface area contributed by atoms with Crippen molar-refractivity contribution in [2.24, 2.45) is 0 Å². The van der Waals surface area contributed by atoms with E-state index < -0.39 is 0 Å². The summed E-state index contributed by atoms with van der Waals surface area (Å²) in [5, 5.41) is 3.31. The zero-order valence-corrected chi connectivity index (χ0v) is 19.2. The molecule has 1 N–H and O–H groups in total. The molecule has 0 bridgehead atoms. The Bertz CT molecular complexity index is 1250. The van der Waals surface area contributed by atoms with Crippen molar-refractivity contribution in [2.45, 2.75) is 41.2 Å². The standard InChI is InChI=1S/C28H28N2O2/c1-17-7-11-22(12-8-17)16-30-27(31)25(23-13-10-19(3)21(5)15-23)26(28(30)32)29-24-14-18(2)6-9-20(24)4/h6-15,29H,16H2,1-5H3. The van der Waals surface area contributed by atoms with E-state index in [-0.39, 0.29) is 18.4 Å². The molecule has 1 aliphatic heterocycles. The van der Waals surface area contributed by atoms with Gasteiger partial charge in [-0.15, -0.1) is 0 Å². The number of carbonyl (C=O) groups excluding carboxylic acids is 2. The molecule has 2 amide bonds. The predicted molar refractivity (Wildman–Crippen MR) is 129 cm³/mol. The van der Waals surface area contributed by atoms with Crippen LogP contribution in [-0.4, -0.2) is 16.7 Å². The van der Waals surface area contributed by atoms with Gasteiger partial charge < -0.3 is 5.32 Å². The fourth-order valence-corrected chi connectivity index (χ4v) is 3.88. The van der Waals surface area contributed by atoms with Crippen LogP contribution in [0, 0.1) is 34.6 Å². The Morgan fingerprint density at radius 2 is 1.34 bits per heavy atom. The Morgan fingerprint density at radius 3 is 2.03 bits per heavy atom. The molecule has 3 aromatic rings. The second kappa shape index (κ2) is 8.46. The zero-order chi connectivity index (χ0) is 23.0. The van der Waals surface area contributed by atoms with Crippen LogP contribution < -0.4 is 5.32 Å². The number of aryl methyl sites for hydroxylation is 5. The largest absolute Gasteiger partial charge is 0.350 e. The lowest BCUT2D eigenvalue weighted by Crippen LogP contribution is -2.32. The number of amides is 2. The van der Waals surface area contributed by atoms with Crippen LogP contribution in [-0.2, 0) is 16.1 Å². The number of imide groups is 1. The van der Waals surface area contributed by atoms with Crippen LogP contribution in [0.1, 0.15) is 38.9 Å². The van der Waals surface area contributed by atoms with Crippen LogP contribution >= 0.6 is 0 Å². The van der Waals surface area contributed by atoms with Crippen molar-refractivity contribution < 1.29 is 9.59 Å². The van der Waals surface area contributed by atoms with Crippen molar-refractivity contribution in [3.05, 3.63) is 105 Å². The van der Waals surface area contributed by atoms with Gasteiger partial charge in [-0.05, 0) is 74.1 Å². The molecule has 0 saturated carbocycles. The molecule has 3 aromatic carbocycles. The first-order valence-electron chi connectivity index (χ1n) is 10.8. The van der Waals surface area contributed by atoms with Gasteiger partial charge in [0.15, 0.2) is 0 Å². The molecule has 162 valence electrons. The van der Waals surface area contributed by atoms with Gasteiger partial charge in [0.1, 0.15) is 5.70 Å². The first-order chi connectivity index (χ1) is 15.2. The van der Waals surface area contributed by atoms with Gasteiger partial charge in [-0.3, -0.25) is 14.5 Å². The minimum absolute atomic E-state index is 0.240. The predicted octanol–water partition coefficient (Wildman–Crippen LogP) is 5.62. The van der Waals surface area contributed by atoms with E-state index >= 15 is 0 Å². The summed E-state index contributed by atoms with van der Waals surface area (Å²) in [6.07, 6.45) is 0. The van der Waals surface area contributed by atoms with E-state index in [9.17, 15) is 9.59 Å². The summed E-state index contributed by atoms with van der Waals surface area (Å²) in [5.41, 5.74) is 8.73. The fourth-order valence-electron chi connectivity index (χ4n) is 3.88. The summed E-state index contributed by atoms with van der Waals surface area (Å²) >= 11 is 0. The molecule has 1 aliphatic rings. The summed E-state index contributed by atoms with van der Waals surface area (Å²) in [6, 6.07) is 19.8. The van der Waals surface area contributed by atoms with E-state index in [0.717, 1.165) is 44.6 Å². The third-order valence-electron chi connectivity index (χ3n) is 6.08. The lowest BCUT2D eigenvalue weighted by Gasteiger charge is -2.16. The van der Waals surface area contributed by atoms with E-state index in [1.165, 1.54) is 4.90 Å². The molecule has 0 aliphatic carbocycles. The number of carbonyl (C=O) groups is 2. The van der Waals surface area contributed by atoms with Gasteiger partial charge in [0.25, 0.3) is 11.8 Å². The van der Waals surface area contributed by atoms with Gasteiger partial charge in [0.05, 0.1) is 12.1 Å². The topological polar surface area (TPSA) is 49.4 Å². The lowest BCUT2D eigenvalue weighted by molar-refractivity contribution is -0.137. The molecule has 0 atom stereocenters. The van der Waals surface area contributed by atoms with Crippen molar-refractivity contribution in [1.29, 1.82) is 0 Å². The van der Waals surface area contributed by atoms with E-state index in [1.54, 1.807) is 0 Å². The van der Waals surface area contributed by atoms with Crippen LogP contribution in [0.2, 0.25) is 0 Å². The maximum Gasteiger partial charge on any atom is 0.278 e. The lowest BCUT2D eigenvalue weighted by atomic mass is 9.99. The molecule has 0 aromatic heterocycles. The number of benzene rings is 3. The molecule has 4 heteroatoms. The van der Waals surface area contributed by atoms with Crippen LogP contribution in [0.15, 0.2) is 66.4 Å². The number of nitrogens with one attached hydrogen (secondary N) is 1. The summed E-state index contributed by atoms with van der Waals surface area (Å²) < 4.78 is 0. The zero-order valence-electron chi connectivity index (χ0n) is 19.2. The molecule has 4 nitrogen and oxygen atoms in total. The highest BCUT2D eigenvalue weighted by atomic mass is 16.2. The number of nitrogens with zero attached hydrogens (tertiary/aromatic N) is 1. The minimum atomic E-state index is -0.301. The quantitative estimate of drug-likeness (QED) is 0.541. The maximum atomic E-state index is 13.5. The highest BCUT2D eigenvalue weighted by Gasteiger charge is 2.39. The van der Waals surface area contributed by atoms with Crippen molar-refractivity contribution >= 4 is 23.1 Å². The average Bonchev–Trinajstić information content (AvgIpc) is 2.98. The van der Waals surface area contributed by atoms with E-state index in [2.05, 4.69) is 5.32 Å². The summed E-state index contributed by atoms with van der Waals surface area (Å²) in [5.74, 6) is -0.573. The number of hydrogen-bond acceptors (Lipinski definition) is 3. The smallest absolute Gasteiger partial charge is 0.278 e. The highest BCUT2D eigenvalue weighted by Crippen LogP contribution is 2.33. The summed E-state index contributed by atoms with van der Waals surface area (Å²) in [4.78, 5) is 28.4. The Kier molecular flexibility index (Phi) is 5.70. The van der Waals surface area contributed by atoms with Gasteiger partial charge in [-0.1, -0.05) is 60.2 Å². The van der Waals surface area contributed by atoms with E-state index in [0.29, 0.717) is 11.3 Å². The van der Waals surface area contributed by atoms with Crippen molar-refractivity contribution in [3.63, 3.8) is 0 Å². The molecule has 0 fully saturated rings. The molecule has 0 radical (unpaired) electrons. The monoisotopic (exact) mass is 424 g/mol. The Balaban J connectivity index is 1.78. The second-order valence-electron chi connectivity index (χ2n) is 8.67. The maximum absolute atomic E-state index is 13.5. The molecule has 1 heterocycles. The van der Waals surface area contributed by atoms with Crippen molar-refractivity contribution in [2.75, 3.05) is 5.32 Å². The number of anilines is 1. The normalized spacial score (nSPS) is 13.8. The Morgan fingerprint density at radius 1 is 0.688 bits per heavy atom. The molecule has 4 rings (SSSR count). The molecular formula is C28H28N2O2. The third-order valence-corrected chi connectivity index (χ3v) is 6.08. The minimum Gasteiger partial charge on any atom is -0.350 e. The van der Waals surface area contributed by atoms with Gasteiger partial charge in [0.2, 0.25) is 0 Å². The number of hydrogen-bond donors (Lipinski definition) is 1. The van der Waals surface area contributed by atoms with Gasteiger partial charge in [-0.2, -0.15) is 0 Å². The SMILES string of the molecule is Cc1ccc(CN2C(=O)C(Nc3cc(C)ccc3C)=C(c3ccc(C)c(C)c3)C2=O)cc1. The molecule has 0 saturated heterocycles. The van der Waals surface area contributed by atoms with Gasteiger partial charge in [-0.25, -0.2) is 0 Å². The van der Waals surface area contributed by atoms with Crippen molar-refractivity contribution in [1.82, 2.24) is 4.90 Å². The van der Waals surface area contributed by atoms with Crippen LogP contribution in [0.3, 0.4) is 0 Å². The molecule has 32 heavy (non-hydrogen) atoms. The van der Waals surface area contributed by atoms with Crippen LogP contribution in [0.4, 0.5) is 5.69 Å². The van der Waals surface area contributed by atoms with Crippen LogP contribution in [0.25, 0.3) is 5.57 Å². The van der Waals surface area contributed by atoms with Gasteiger partial charge in [0, 0.05) is 5.69 Å². The van der Waals surface area contributed by atoms with Crippen LogP contribution in [0.5, 0.6) is 0 Å². The Labute approximate surface area is 189 Å². The van der Waals surface area contributed by atoms with Crippen molar-refractivity contribution in [3.8, 4) is 0 Å². The molecule has 0 unspecified atom stereocenters. The van der Waals surface area contributed by atoms with Gasteiger partial charge >= 0.3 is 0 Å². The summed E-state index contributed by atoms with van der Waals surface area (Å²) in [6.45, 7) is 10.3. The van der Waals surface area contributed by atoms with E-state index in [1.807, 2.05) is 95.3 Å².